The predicted octanol–water partition coefficient (Wildman–Crippen LogP) is 4.16. The second-order valence-electron chi connectivity index (χ2n) is 4.40. The monoisotopic (exact) mass is 291 g/mol. The van der Waals surface area contributed by atoms with Gasteiger partial charge < -0.3 is 15.2 Å². The van der Waals surface area contributed by atoms with Crippen molar-refractivity contribution < 1.29 is 9.47 Å². The topological polar surface area (TPSA) is 44.5 Å². The first-order valence-electron chi connectivity index (χ1n) is 6.51. The highest BCUT2D eigenvalue weighted by Gasteiger charge is 2.09. The third-order valence-corrected chi connectivity index (χ3v) is 3.33. The van der Waals surface area contributed by atoms with Gasteiger partial charge in [-0.25, -0.2) is 0 Å². The van der Waals surface area contributed by atoms with Gasteiger partial charge in [0.2, 0.25) is 0 Å². The number of rotatable bonds is 5. The van der Waals surface area contributed by atoms with Gasteiger partial charge in [0.1, 0.15) is 5.75 Å². The maximum atomic E-state index is 5.96. The van der Waals surface area contributed by atoms with Gasteiger partial charge in [-0.15, -0.1) is 0 Å². The van der Waals surface area contributed by atoms with Gasteiger partial charge in [-0.2, -0.15) is 0 Å². The SMILES string of the molecule is CCc1ccc(Oc2ccc(Cl)cc2CN)c(OC)c1. The van der Waals surface area contributed by atoms with Gasteiger partial charge in [0, 0.05) is 17.1 Å². The maximum absolute atomic E-state index is 5.96. The Morgan fingerprint density at radius 2 is 1.80 bits per heavy atom. The van der Waals surface area contributed by atoms with E-state index in [-0.39, 0.29) is 0 Å². The molecule has 0 radical (unpaired) electrons. The van der Waals surface area contributed by atoms with E-state index in [9.17, 15) is 0 Å². The molecule has 2 N–H and O–H groups in total. The molecule has 0 heterocycles. The van der Waals surface area contributed by atoms with Crippen LogP contribution in [0, 0.1) is 0 Å². The lowest BCUT2D eigenvalue weighted by molar-refractivity contribution is 0.377. The van der Waals surface area contributed by atoms with Gasteiger partial charge in [-0.3, -0.25) is 0 Å². The largest absolute Gasteiger partial charge is 0.493 e. The molecule has 4 heteroatoms. The number of aryl methyl sites for hydroxylation is 1. The summed E-state index contributed by atoms with van der Waals surface area (Å²) < 4.78 is 11.3. The first kappa shape index (κ1) is 14.7. The molecule has 0 atom stereocenters. The van der Waals surface area contributed by atoms with Gasteiger partial charge in [-0.1, -0.05) is 24.6 Å². The molecule has 0 saturated heterocycles. The van der Waals surface area contributed by atoms with Crippen LogP contribution in [0.5, 0.6) is 17.2 Å². The Morgan fingerprint density at radius 3 is 2.45 bits per heavy atom. The molecule has 3 nitrogen and oxygen atoms in total. The molecule has 0 spiro atoms. The second kappa shape index (κ2) is 6.64. The summed E-state index contributed by atoms with van der Waals surface area (Å²) in [7, 11) is 1.63. The lowest BCUT2D eigenvalue weighted by atomic mass is 10.1. The van der Waals surface area contributed by atoms with Crippen molar-refractivity contribution in [2.24, 2.45) is 5.73 Å². The minimum atomic E-state index is 0.366. The van der Waals surface area contributed by atoms with Crippen molar-refractivity contribution in [2.45, 2.75) is 19.9 Å². The van der Waals surface area contributed by atoms with Crippen LogP contribution in [0.1, 0.15) is 18.1 Å². The molecule has 0 aliphatic carbocycles. The molecule has 0 saturated carbocycles. The smallest absolute Gasteiger partial charge is 0.169 e. The Balaban J connectivity index is 2.34. The first-order chi connectivity index (χ1) is 9.67. The number of nitrogens with two attached hydrogens (primary N) is 1. The Bertz CT molecular complexity index is 599. The van der Waals surface area contributed by atoms with Crippen molar-refractivity contribution in [1.82, 2.24) is 0 Å². The van der Waals surface area contributed by atoms with Crippen LogP contribution in [-0.4, -0.2) is 7.11 Å². The Morgan fingerprint density at radius 1 is 1.05 bits per heavy atom. The molecule has 0 amide bonds. The van der Waals surface area contributed by atoms with Crippen molar-refractivity contribution in [3.8, 4) is 17.2 Å². The van der Waals surface area contributed by atoms with E-state index in [2.05, 4.69) is 6.92 Å². The van der Waals surface area contributed by atoms with E-state index < -0.39 is 0 Å². The molecule has 20 heavy (non-hydrogen) atoms. The Labute approximate surface area is 124 Å². The molecular formula is C16H18ClNO2. The Hall–Kier alpha value is -1.71. The summed E-state index contributed by atoms with van der Waals surface area (Å²) >= 11 is 5.96. The van der Waals surface area contributed by atoms with Crippen molar-refractivity contribution in [3.63, 3.8) is 0 Å². The lowest BCUT2D eigenvalue weighted by Gasteiger charge is -2.14. The summed E-state index contributed by atoms with van der Waals surface area (Å²) in [5.41, 5.74) is 7.78. The van der Waals surface area contributed by atoms with E-state index in [0.29, 0.717) is 28.8 Å². The molecule has 2 aromatic rings. The molecule has 0 aliphatic rings. The number of hydrogen-bond acceptors (Lipinski definition) is 3. The van der Waals surface area contributed by atoms with Crippen molar-refractivity contribution >= 4 is 11.6 Å². The molecular weight excluding hydrogens is 274 g/mol. The number of benzene rings is 2. The molecule has 0 bridgehead atoms. The zero-order chi connectivity index (χ0) is 14.5. The molecule has 106 valence electrons. The summed E-state index contributed by atoms with van der Waals surface area (Å²) in [6.07, 6.45) is 0.950. The molecule has 0 fully saturated rings. The zero-order valence-corrected chi connectivity index (χ0v) is 12.4. The first-order valence-corrected chi connectivity index (χ1v) is 6.89. The number of hydrogen-bond donors (Lipinski definition) is 1. The molecule has 2 aromatic carbocycles. The van der Waals surface area contributed by atoms with Gasteiger partial charge in [0.05, 0.1) is 7.11 Å². The van der Waals surface area contributed by atoms with E-state index in [1.807, 2.05) is 30.3 Å². The van der Waals surface area contributed by atoms with Gasteiger partial charge in [0.25, 0.3) is 0 Å². The summed E-state index contributed by atoms with van der Waals surface area (Å²) in [5.74, 6) is 2.07. The van der Waals surface area contributed by atoms with Crippen LogP contribution in [0.3, 0.4) is 0 Å². The van der Waals surface area contributed by atoms with E-state index in [4.69, 9.17) is 26.8 Å². The molecule has 2 rings (SSSR count). The van der Waals surface area contributed by atoms with Gasteiger partial charge in [0.15, 0.2) is 11.5 Å². The number of halogens is 1. The maximum Gasteiger partial charge on any atom is 0.169 e. The number of methoxy groups -OCH3 is 1. The average Bonchev–Trinajstić information content (AvgIpc) is 2.49. The quantitative estimate of drug-likeness (QED) is 0.899. The molecule has 0 aromatic heterocycles. The second-order valence-corrected chi connectivity index (χ2v) is 4.83. The van der Waals surface area contributed by atoms with Crippen LogP contribution < -0.4 is 15.2 Å². The van der Waals surface area contributed by atoms with E-state index in [1.165, 1.54) is 5.56 Å². The minimum Gasteiger partial charge on any atom is -0.493 e. The van der Waals surface area contributed by atoms with Crippen LogP contribution in [0.15, 0.2) is 36.4 Å². The molecule has 0 unspecified atom stereocenters. The van der Waals surface area contributed by atoms with Crippen LogP contribution >= 0.6 is 11.6 Å². The molecule has 0 aliphatic heterocycles. The summed E-state index contributed by atoms with van der Waals surface area (Å²) in [6, 6.07) is 11.3. The highest BCUT2D eigenvalue weighted by Crippen LogP contribution is 2.34. The van der Waals surface area contributed by atoms with Crippen LogP contribution in [0.4, 0.5) is 0 Å². The van der Waals surface area contributed by atoms with Gasteiger partial charge >= 0.3 is 0 Å². The van der Waals surface area contributed by atoms with Gasteiger partial charge in [-0.05, 0) is 42.3 Å². The van der Waals surface area contributed by atoms with Crippen LogP contribution in [-0.2, 0) is 13.0 Å². The number of ether oxygens (including phenoxy) is 2. The summed E-state index contributed by atoms with van der Waals surface area (Å²) in [5, 5.41) is 0.645. The normalized spacial score (nSPS) is 10.4. The highest BCUT2D eigenvalue weighted by atomic mass is 35.5. The Kier molecular flexibility index (Phi) is 4.88. The van der Waals surface area contributed by atoms with E-state index >= 15 is 0 Å². The van der Waals surface area contributed by atoms with Crippen molar-refractivity contribution in [3.05, 3.63) is 52.5 Å². The van der Waals surface area contributed by atoms with E-state index in [0.717, 1.165) is 12.0 Å². The van der Waals surface area contributed by atoms with Crippen molar-refractivity contribution in [1.29, 1.82) is 0 Å². The van der Waals surface area contributed by atoms with E-state index in [1.54, 1.807) is 13.2 Å². The van der Waals surface area contributed by atoms with Crippen LogP contribution in [0.2, 0.25) is 5.02 Å². The zero-order valence-electron chi connectivity index (χ0n) is 11.7. The highest BCUT2D eigenvalue weighted by molar-refractivity contribution is 6.30. The standard InChI is InChI=1S/C16H18ClNO2/c1-3-11-4-6-15(16(8-11)19-2)20-14-7-5-13(17)9-12(14)10-18/h4-9H,3,10,18H2,1-2H3. The fourth-order valence-electron chi connectivity index (χ4n) is 1.94. The lowest BCUT2D eigenvalue weighted by Crippen LogP contribution is -2.00. The van der Waals surface area contributed by atoms with Crippen molar-refractivity contribution in [2.75, 3.05) is 7.11 Å². The average molecular weight is 292 g/mol. The predicted molar refractivity (Wildman–Crippen MR) is 81.8 cm³/mol. The third kappa shape index (κ3) is 3.24. The summed E-state index contributed by atoms with van der Waals surface area (Å²) in [6.45, 7) is 2.46. The van der Waals surface area contributed by atoms with Crippen LogP contribution in [0.25, 0.3) is 0 Å². The summed E-state index contributed by atoms with van der Waals surface area (Å²) in [4.78, 5) is 0. The third-order valence-electron chi connectivity index (χ3n) is 3.10. The fraction of sp³-hybridized carbons (Fsp3) is 0.250. The minimum absolute atomic E-state index is 0.366. The fourth-order valence-corrected chi connectivity index (χ4v) is 2.14.